The molecular weight excluding hydrogens is 352 g/mol. The van der Waals surface area contributed by atoms with Crippen molar-refractivity contribution in [3.63, 3.8) is 0 Å². The predicted molar refractivity (Wildman–Crippen MR) is 106 cm³/mol. The fourth-order valence-electron chi connectivity index (χ4n) is 3.04. The third kappa shape index (κ3) is 3.62. The fourth-order valence-corrected chi connectivity index (χ4v) is 3.04. The zero-order chi connectivity index (χ0) is 19.3. The first-order valence-corrected chi connectivity index (χ1v) is 8.79. The molecule has 0 aromatic carbocycles. The Morgan fingerprint density at radius 2 is 1.93 bits per heavy atom. The van der Waals surface area contributed by atoms with Crippen LogP contribution in [0.25, 0.3) is 11.0 Å². The number of anilines is 1. The van der Waals surface area contributed by atoms with Gasteiger partial charge in [0.25, 0.3) is 0 Å². The minimum Gasteiger partial charge on any atom is -0.481 e. The van der Waals surface area contributed by atoms with Gasteiger partial charge in [-0.05, 0) is 28.8 Å². The van der Waals surface area contributed by atoms with Crippen molar-refractivity contribution in [1.82, 2.24) is 19.9 Å². The number of hydrogen-bond donors (Lipinski definition) is 2. The smallest absolute Gasteiger partial charge is 0.212 e. The zero-order valence-electron chi connectivity index (χ0n) is 15.3. The molecule has 0 aliphatic rings. The summed E-state index contributed by atoms with van der Waals surface area (Å²) < 4.78 is 5.06. The van der Waals surface area contributed by atoms with Crippen molar-refractivity contribution >= 4 is 16.9 Å². The van der Waals surface area contributed by atoms with Gasteiger partial charge in [-0.1, -0.05) is 12.1 Å². The summed E-state index contributed by atoms with van der Waals surface area (Å²) in [5, 5.41) is 13.5. The molecule has 7 nitrogen and oxygen atoms in total. The van der Waals surface area contributed by atoms with Gasteiger partial charge in [0.05, 0.1) is 18.7 Å². The van der Waals surface area contributed by atoms with E-state index in [0.717, 1.165) is 33.5 Å². The van der Waals surface area contributed by atoms with E-state index in [1.54, 1.807) is 25.6 Å². The van der Waals surface area contributed by atoms with Crippen molar-refractivity contribution in [2.75, 3.05) is 12.4 Å². The molecule has 0 bridgehead atoms. The Balaban J connectivity index is 1.44. The van der Waals surface area contributed by atoms with Crippen LogP contribution in [0.3, 0.4) is 0 Å². The molecule has 0 aliphatic heterocycles. The highest BCUT2D eigenvalue weighted by molar-refractivity contribution is 5.86. The van der Waals surface area contributed by atoms with Gasteiger partial charge in [-0.15, -0.1) is 0 Å². The molecule has 4 aromatic rings. The van der Waals surface area contributed by atoms with Crippen molar-refractivity contribution in [1.29, 1.82) is 5.26 Å². The van der Waals surface area contributed by atoms with Crippen LogP contribution in [0.2, 0.25) is 0 Å². The van der Waals surface area contributed by atoms with Gasteiger partial charge in [-0.25, -0.2) is 15.0 Å². The summed E-state index contributed by atoms with van der Waals surface area (Å²) in [6, 6.07) is 11.7. The van der Waals surface area contributed by atoms with E-state index >= 15 is 0 Å². The highest BCUT2D eigenvalue weighted by Gasteiger charge is 2.10. The van der Waals surface area contributed by atoms with E-state index in [2.05, 4.69) is 31.3 Å². The van der Waals surface area contributed by atoms with Gasteiger partial charge in [-0.3, -0.25) is 0 Å². The summed E-state index contributed by atoms with van der Waals surface area (Å²) in [6.07, 6.45) is 7.84. The van der Waals surface area contributed by atoms with Crippen molar-refractivity contribution in [2.24, 2.45) is 0 Å². The molecule has 0 saturated carbocycles. The molecule has 4 aromatic heterocycles. The predicted octanol–water partition coefficient (Wildman–Crippen LogP) is 3.44. The van der Waals surface area contributed by atoms with E-state index in [9.17, 15) is 5.26 Å². The first-order valence-electron chi connectivity index (χ1n) is 8.79. The number of methoxy groups -OCH3 is 1. The third-order valence-electron chi connectivity index (χ3n) is 4.48. The number of nitriles is 1. The second-order valence-electron chi connectivity index (χ2n) is 6.30. The number of fused-ring (bicyclic) bond motifs is 1. The number of H-pyrrole nitrogens is 1. The Morgan fingerprint density at radius 3 is 2.64 bits per heavy atom. The molecule has 0 spiro atoms. The second kappa shape index (κ2) is 7.76. The first-order chi connectivity index (χ1) is 13.8. The molecule has 2 N–H and O–H groups in total. The fraction of sp³-hybridized carbons (Fsp3) is 0.143. The van der Waals surface area contributed by atoms with Gasteiger partial charge in [0.1, 0.15) is 11.5 Å². The van der Waals surface area contributed by atoms with E-state index in [1.165, 1.54) is 0 Å². The van der Waals surface area contributed by atoms with Crippen LogP contribution in [0.1, 0.15) is 22.3 Å². The van der Waals surface area contributed by atoms with Crippen LogP contribution in [-0.4, -0.2) is 27.0 Å². The number of ether oxygens (including phenoxy) is 1. The molecule has 7 heteroatoms. The van der Waals surface area contributed by atoms with Crippen LogP contribution >= 0.6 is 0 Å². The van der Waals surface area contributed by atoms with Crippen molar-refractivity contribution < 1.29 is 4.74 Å². The number of pyridine rings is 3. The molecule has 4 rings (SSSR count). The summed E-state index contributed by atoms with van der Waals surface area (Å²) in [4.78, 5) is 16.1. The average molecular weight is 370 g/mol. The normalized spacial score (nSPS) is 10.6. The zero-order valence-corrected chi connectivity index (χ0v) is 15.3. The van der Waals surface area contributed by atoms with Crippen molar-refractivity contribution in [3.8, 4) is 11.9 Å². The molecule has 28 heavy (non-hydrogen) atoms. The summed E-state index contributed by atoms with van der Waals surface area (Å²) in [5.74, 6) is 1.39. The maximum Gasteiger partial charge on any atom is 0.212 e. The van der Waals surface area contributed by atoms with Crippen LogP contribution in [0.4, 0.5) is 5.82 Å². The second-order valence-corrected chi connectivity index (χ2v) is 6.30. The molecule has 138 valence electrons. The van der Waals surface area contributed by atoms with E-state index in [-0.39, 0.29) is 0 Å². The maximum absolute atomic E-state index is 9.34. The molecule has 0 amide bonds. The van der Waals surface area contributed by atoms with Gasteiger partial charge < -0.3 is 15.0 Å². The number of hydrogen-bond acceptors (Lipinski definition) is 6. The van der Waals surface area contributed by atoms with Crippen LogP contribution in [0.15, 0.2) is 55.1 Å². The SMILES string of the molecule is COc1ccc(CNc2ccc(Cc3c[nH]c4nccc(C#N)c34)cn2)cn1. The summed E-state index contributed by atoms with van der Waals surface area (Å²) in [6.45, 7) is 0.628. The number of nitrogens with one attached hydrogen (secondary N) is 2. The highest BCUT2D eigenvalue weighted by atomic mass is 16.5. The topological polar surface area (TPSA) is 99.5 Å². The minimum atomic E-state index is 0.596. The standard InChI is InChI=1S/C21H18N6O/c1-28-19-5-3-15(12-26-19)11-25-18-4-2-14(10-24-18)8-17-13-27-21-20(17)16(9-22)6-7-23-21/h2-7,10,12-13H,8,11H2,1H3,(H,23,27)(H,24,25). The van der Waals surface area contributed by atoms with Gasteiger partial charge in [0.15, 0.2) is 0 Å². The van der Waals surface area contributed by atoms with Crippen LogP contribution < -0.4 is 10.1 Å². The molecule has 0 unspecified atom stereocenters. The summed E-state index contributed by atoms with van der Waals surface area (Å²) in [7, 11) is 1.60. The Morgan fingerprint density at radius 1 is 1.07 bits per heavy atom. The molecule has 0 fully saturated rings. The third-order valence-corrected chi connectivity index (χ3v) is 4.48. The molecule has 0 radical (unpaired) electrons. The first kappa shape index (κ1) is 17.5. The summed E-state index contributed by atoms with van der Waals surface area (Å²) >= 11 is 0. The monoisotopic (exact) mass is 370 g/mol. The van der Waals surface area contributed by atoms with E-state index in [0.29, 0.717) is 24.4 Å². The number of aromatic amines is 1. The Kier molecular flexibility index (Phi) is 4.85. The lowest BCUT2D eigenvalue weighted by molar-refractivity contribution is 0.397. The number of aromatic nitrogens is 4. The molecule has 0 atom stereocenters. The van der Waals surface area contributed by atoms with Crippen LogP contribution in [0, 0.1) is 11.3 Å². The molecule has 0 aliphatic carbocycles. The van der Waals surface area contributed by atoms with Crippen molar-refractivity contribution in [3.05, 3.63) is 77.4 Å². The quantitative estimate of drug-likeness (QED) is 0.539. The lowest BCUT2D eigenvalue weighted by atomic mass is 10.0. The van der Waals surface area contributed by atoms with Crippen LogP contribution in [0.5, 0.6) is 5.88 Å². The van der Waals surface area contributed by atoms with Gasteiger partial charge in [0, 0.05) is 49.2 Å². The largest absolute Gasteiger partial charge is 0.481 e. The van der Waals surface area contributed by atoms with E-state index in [1.807, 2.05) is 36.7 Å². The molecule has 4 heterocycles. The number of rotatable bonds is 6. The summed E-state index contributed by atoms with van der Waals surface area (Å²) in [5.41, 5.74) is 4.49. The Hall–Kier alpha value is -3.92. The van der Waals surface area contributed by atoms with Crippen molar-refractivity contribution in [2.45, 2.75) is 13.0 Å². The highest BCUT2D eigenvalue weighted by Crippen LogP contribution is 2.23. The molecular formula is C21H18N6O. The van der Waals surface area contributed by atoms with Gasteiger partial charge >= 0.3 is 0 Å². The average Bonchev–Trinajstić information content (AvgIpc) is 3.16. The maximum atomic E-state index is 9.34. The minimum absolute atomic E-state index is 0.596. The lowest BCUT2D eigenvalue weighted by Gasteiger charge is -2.07. The Bertz CT molecular complexity index is 1130. The molecule has 0 saturated heterocycles. The van der Waals surface area contributed by atoms with Crippen LogP contribution in [-0.2, 0) is 13.0 Å². The Labute approximate surface area is 162 Å². The van der Waals surface area contributed by atoms with Gasteiger partial charge in [-0.2, -0.15) is 5.26 Å². The van der Waals surface area contributed by atoms with E-state index in [4.69, 9.17) is 4.74 Å². The number of nitrogens with zero attached hydrogens (tertiary/aromatic N) is 4. The lowest BCUT2D eigenvalue weighted by Crippen LogP contribution is -2.02. The van der Waals surface area contributed by atoms with E-state index < -0.39 is 0 Å². The van der Waals surface area contributed by atoms with Gasteiger partial charge in [0.2, 0.25) is 5.88 Å².